The van der Waals surface area contributed by atoms with Gasteiger partial charge in [-0.1, -0.05) is 12.1 Å². The molecule has 110 valence electrons. The number of nitrogens with two attached hydrogens (primary N) is 1. The summed E-state index contributed by atoms with van der Waals surface area (Å²) >= 11 is 3.34. The van der Waals surface area contributed by atoms with Gasteiger partial charge in [0.05, 0.1) is 4.47 Å². The number of hydrogen-bond acceptors (Lipinski definition) is 4. The van der Waals surface area contributed by atoms with E-state index in [1.807, 2.05) is 6.07 Å². The first kappa shape index (κ1) is 14.4. The van der Waals surface area contributed by atoms with Crippen LogP contribution in [0.3, 0.4) is 0 Å². The Morgan fingerprint density at radius 3 is 2.70 bits per heavy atom. The highest BCUT2D eigenvalue weighted by Crippen LogP contribution is 2.25. The molecule has 3 fully saturated rings. The van der Waals surface area contributed by atoms with Gasteiger partial charge in [-0.25, -0.2) is 4.39 Å². The number of halogens is 2. The van der Waals surface area contributed by atoms with Crippen LogP contribution in [0.25, 0.3) is 0 Å². The lowest BCUT2D eigenvalue weighted by molar-refractivity contribution is -0.00317. The van der Waals surface area contributed by atoms with Crippen LogP contribution >= 0.6 is 15.9 Å². The van der Waals surface area contributed by atoms with Gasteiger partial charge in [0.25, 0.3) is 0 Å². The van der Waals surface area contributed by atoms with E-state index in [1.165, 1.54) is 6.07 Å². The molecule has 0 saturated carbocycles. The molecule has 3 heterocycles. The Kier molecular flexibility index (Phi) is 4.37. The summed E-state index contributed by atoms with van der Waals surface area (Å²) in [6.45, 7) is 5.55. The Morgan fingerprint density at radius 2 is 2.10 bits per heavy atom. The molecule has 2 unspecified atom stereocenters. The second-order valence-corrected chi connectivity index (χ2v) is 6.39. The first-order valence-corrected chi connectivity index (χ1v) is 7.84. The predicted octanol–water partition coefficient (Wildman–Crippen LogP) is 0.962. The first-order chi connectivity index (χ1) is 9.69. The van der Waals surface area contributed by atoms with Crippen molar-refractivity contribution in [3.63, 3.8) is 0 Å². The summed E-state index contributed by atoms with van der Waals surface area (Å²) in [6.07, 6.45) is 0.726. The van der Waals surface area contributed by atoms with Crippen LogP contribution in [0.4, 0.5) is 4.39 Å². The summed E-state index contributed by atoms with van der Waals surface area (Å²) in [4.78, 5) is 4.98. The molecular weight excluding hydrogens is 323 g/mol. The molecule has 0 aliphatic carbocycles. The third-order valence-corrected chi connectivity index (χ3v) is 5.36. The van der Waals surface area contributed by atoms with Crippen molar-refractivity contribution in [2.24, 2.45) is 5.84 Å². The summed E-state index contributed by atoms with van der Waals surface area (Å²) in [5.41, 5.74) is 3.90. The van der Waals surface area contributed by atoms with Gasteiger partial charge >= 0.3 is 0 Å². The number of nitrogens with zero attached hydrogens (tertiary/aromatic N) is 2. The van der Waals surface area contributed by atoms with Gasteiger partial charge in [0.2, 0.25) is 0 Å². The number of benzene rings is 1. The minimum absolute atomic E-state index is 0.135. The highest BCUT2D eigenvalue weighted by atomic mass is 79.9. The first-order valence-electron chi connectivity index (χ1n) is 7.04. The molecule has 2 bridgehead atoms. The van der Waals surface area contributed by atoms with E-state index in [1.54, 1.807) is 6.07 Å². The molecule has 0 amide bonds. The summed E-state index contributed by atoms with van der Waals surface area (Å²) in [7, 11) is 0. The molecule has 20 heavy (non-hydrogen) atoms. The van der Waals surface area contributed by atoms with Crippen LogP contribution in [0.2, 0.25) is 0 Å². The number of piperazine rings is 3. The molecule has 2 atom stereocenters. The second-order valence-electron chi connectivity index (χ2n) is 5.59. The van der Waals surface area contributed by atoms with Crippen molar-refractivity contribution in [2.45, 2.75) is 18.5 Å². The van der Waals surface area contributed by atoms with Crippen molar-refractivity contribution in [1.29, 1.82) is 0 Å². The molecule has 1 aromatic rings. The van der Waals surface area contributed by atoms with Crippen LogP contribution < -0.4 is 11.3 Å². The van der Waals surface area contributed by atoms with E-state index in [4.69, 9.17) is 5.84 Å². The van der Waals surface area contributed by atoms with E-state index >= 15 is 0 Å². The minimum atomic E-state index is -0.215. The molecule has 6 heteroatoms. The summed E-state index contributed by atoms with van der Waals surface area (Å²) in [6, 6.07) is 5.71. The maximum absolute atomic E-state index is 13.6. The number of hydrogen-bond donors (Lipinski definition) is 2. The van der Waals surface area contributed by atoms with Gasteiger partial charge in [0.15, 0.2) is 0 Å². The van der Waals surface area contributed by atoms with Crippen molar-refractivity contribution < 1.29 is 4.39 Å². The lowest BCUT2D eigenvalue weighted by Crippen LogP contribution is -2.67. The Labute approximate surface area is 127 Å². The zero-order chi connectivity index (χ0) is 14.1. The van der Waals surface area contributed by atoms with E-state index in [2.05, 4.69) is 31.2 Å². The fraction of sp³-hybridized carbons (Fsp3) is 0.571. The monoisotopic (exact) mass is 342 g/mol. The molecule has 3 saturated heterocycles. The number of hydrazine groups is 1. The van der Waals surface area contributed by atoms with Crippen LogP contribution in [0.5, 0.6) is 0 Å². The predicted molar refractivity (Wildman–Crippen MR) is 80.7 cm³/mol. The molecule has 0 aromatic heterocycles. The van der Waals surface area contributed by atoms with Gasteiger partial charge in [0.1, 0.15) is 5.82 Å². The van der Waals surface area contributed by atoms with Crippen LogP contribution in [0.15, 0.2) is 22.7 Å². The number of nitrogens with one attached hydrogen (secondary N) is 1. The van der Waals surface area contributed by atoms with Gasteiger partial charge in [-0.05, 0) is 34.0 Å². The highest BCUT2D eigenvalue weighted by Gasteiger charge is 2.36. The molecule has 0 radical (unpaired) electrons. The van der Waals surface area contributed by atoms with Gasteiger partial charge in [-0.3, -0.25) is 21.1 Å². The van der Waals surface area contributed by atoms with Crippen molar-refractivity contribution >= 4 is 15.9 Å². The van der Waals surface area contributed by atoms with Gasteiger partial charge < -0.3 is 0 Å². The van der Waals surface area contributed by atoms with Crippen LogP contribution in [-0.4, -0.2) is 54.6 Å². The van der Waals surface area contributed by atoms with Crippen molar-refractivity contribution in [2.75, 3.05) is 32.7 Å². The topological polar surface area (TPSA) is 44.5 Å². The van der Waals surface area contributed by atoms with E-state index in [9.17, 15) is 4.39 Å². The SMILES string of the molecule is NNC(Cc1cccc(F)c1Br)C1CN2CCN1CC2. The molecule has 3 aliphatic heterocycles. The Hall–Kier alpha value is -0.530. The van der Waals surface area contributed by atoms with E-state index in [0.29, 0.717) is 10.5 Å². The molecule has 1 aromatic carbocycles. The molecular formula is C14H20BrFN4. The highest BCUT2D eigenvalue weighted by molar-refractivity contribution is 9.10. The average molecular weight is 343 g/mol. The van der Waals surface area contributed by atoms with Crippen molar-refractivity contribution in [1.82, 2.24) is 15.2 Å². The van der Waals surface area contributed by atoms with Crippen LogP contribution in [0.1, 0.15) is 5.56 Å². The maximum atomic E-state index is 13.6. The fourth-order valence-corrected chi connectivity index (χ4v) is 3.71. The van der Waals surface area contributed by atoms with Crippen LogP contribution in [0, 0.1) is 5.82 Å². The Balaban J connectivity index is 1.75. The molecule has 4 rings (SSSR count). The summed E-state index contributed by atoms with van der Waals surface area (Å²) < 4.78 is 14.2. The van der Waals surface area contributed by atoms with E-state index in [-0.39, 0.29) is 11.9 Å². The third kappa shape index (κ3) is 2.76. The quantitative estimate of drug-likeness (QED) is 0.632. The fourth-order valence-electron chi connectivity index (χ4n) is 3.29. The van der Waals surface area contributed by atoms with E-state index in [0.717, 1.165) is 44.7 Å². The minimum Gasteiger partial charge on any atom is -0.299 e. The second kappa shape index (κ2) is 6.07. The molecule has 3 N–H and O–H groups in total. The zero-order valence-electron chi connectivity index (χ0n) is 11.4. The van der Waals surface area contributed by atoms with Gasteiger partial charge in [-0.2, -0.15) is 0 Å². The Bertz CT molecular complexity index is 476. The molecule has 3 aliphatic rings. The lowest BCUT2D eigenvalue weighted by atomic mass is 9.95. The lowest BCUT2D eigenvalue weighted by Gasteiger charge is -2.50. The van der Waals surface area contributed by atoms with Crippen molar-refractivity contribution in [3.05, 3.63) is 34.1 Å². The van der Waals surface area contributed by atoms with Gasteiger partial charge in [0, 0.05) is 44.8 Å². The average Bonchev–Trinajstić information content (AvgIpc) is 2.50. The summed E-state index contributed by atoms with van der Waals surface area (Å²) in [5, 5.41) is 0. The normalized spacial score (nSPS) is 30.4. The van der Waals surface area contributed by atoms with E-state index < -0.39 is 0 Å². The van der Waals surface area contributed by atoms with Gasteiger partial charge in [-0.15, -0.1) is 0 Å². The molecule has 4 nitrogen and oxygen atoms in total. The van der Waals surface area contributed by atoms with Crippen molar-refractivity contribution in [3.8, 4) is 0 Å². The zero-order valence-corrected chi connectivity index (χ0v) is 12.9. The standard InChI is InChI=1S/C14H20BrFN4/c15-14-10(2-1-3-11(14)16)8-12(18-17)13-9-19-4-6-20(13)7-5-19/h1-3,12-13,18H,4-9,17H2. The summed E-state index contributed by atoms with van der Waals surface area (Å²) in [5.74, 6) is 5.55. The number of fused-ring (bicyclic) bond motifs is 3. The third-order valence-electron chi connectivity index (χ3n) is 4.47. The Morgan fingerprint density at radius 1 is 1.35 bits per heavy atom. The number of rotatable bonds is 4. The molecule has 0 spiro atoms. The maximum Gasteiger partial charge on any atom is 0.137 e. The smallest absolute Gasteiger partial charge is 0.137 e. The largest absolute Gasteiger partial charge is 0.299 e. The van der Waals surface area contributed by atoms with Crippen LogP contribution in [-0.2, 0) is 6.42 Å².